The van der Waals surface area contributed by atoms with Crippen molar-refractivity contribution in [3.8, 4) is 11.6 Å². The summed E-state index contributed by atoms with van der Waals surface area (Å²) in [6, 6.07) is 5.02. The van der Waals surface area contributed by atoms with E-state index in [-0.39, 0.29) is 0 Å². The van der Waals surface area contributed by atoms with E-state index < -0.39 is 0 Å². The Morgan fingerprint density at radius 1 is 1.17 bits per heavy atom. The van der Waals surface area contributed by atoms with Crippen LogP contribution in [-0.4, -0.2) is 17.0 Å². The molecule has 0 aliphatic rings. The van der Waals surface area contributed by atoms with Crippen molar-refractivity contribution < 1.29 is 4.74 Å². The van der Waals surface area contributed by atoms with Crippen LogP contribution in [0.25, 0.3) is 0 Å². The van der Waals surface area contributed by atoms with E-state index in [4.69, 9.17) is 27.9 Å². The number of nitrogens with one attached hydrogen (secondary N) is 1. The van der Waals surface area contributed by atoms with Crippen molar-refractivity contribution in [3.63, 3.8) is 0 Å². The first kappa shape index (κ1) is 13.1. The van der Waals surface area contributed by atoms with Crippen LogP contribution in [0.1, 0.15) is 5.69 Å². The Balaban J connectivity index is 2.10. The van der Waals surface area contributed by atoms with Crippen molar-refractivity contribution >= 4 is 23.2 Å². The molecule has 2 aromatic rings. The summed E-state index contributed by atoms with van der Waals surface area (Å²) in [5, 5.41) is 3.92. The zero-order valence-electron chi connectivity index (χ0n) is 9.65. The minimum Gasteiger partial charge on any atom is -0.437 e. The number of ether oxygens (including phenoxy) is 1. The number of hydrogen-bond donors (Lipinski definition) is 1. The van der Waals surface area contributed by atoms with E-state index in [9.17, 15) is 0 Å². The Labute approximate surface area is 115 Å². The van der Waals surface area contributed by atoms with Crippen LogP contribution in [0.4, 0.5) is 0 Å². The second-order valence-electron chi connectivity index (χ2n) is 3.55. The molecule has 0 fully saturated rings. The van der Waals surface area contributed by atoms with Crippen LogP contribution >= 0.6 is 23.2 Å². The molecule has 0 radical (unpaired) electrons. The Morgan fingerprint density at radius 3 is 2.61 bits per heavy atom. The van der Waals surface area contributed by atoms with Crippen LogP contribution in [0.5, 0.6) is 11.6 Å². The molecule has 0 bridgehead atoms. The zero-order valence-corrected chi connectivity index (χ0v) is 11.2. The highest BCUT2D eigenvalue weighted by Crippen LogP contribution is 2.28. The molecule has 1 N–H and O–H groups in total. The van der Waals surface area contributed by atoms with Gasteiger partial charge in [0.2, 0.25) is 5.88 Å². The van der Waals surface area contributed by atoms with E-state index >= 15 is 0 Å². The predicted octanol–water partition coefficient (Wildman–Crippen LogP) is 3.30. The maximum absolute atomic E-state index is 5.89. The third-order valence-electron chi connectivity index (χ3n) is 2.15. The van der Waals surface area contributed by atoms with Gasteiger partial charge in [-0.3, -0.25) is 4.98 Å². The fourth-order valence-electron chi connectivity index (χ4n) is 1.33. The fraction of sp³-hybridized carbons (Fsp3) is 0.167. The number of halogens is 2. The molecule has 0 aliphatic carbocycles. The van der Waals surface area contributed by atoms with Crippen LogP contribution in [0.3, 0.4) is 0 Å². The normalized spacial score (nSPS) is 10.4. The van der Waals surface area contributed by atoms with Gasteiger partial charge in [0.1, 0.15) is 5.75 Å². The summed E-state index contributed by atoms with van der Waals surface area (Å²) in [7, 11) is 1.85. The van der Waals surface area contributed by atoms with Gasteiger partial charge in [-0.15, -0.1) is 0 Å². The van der Waals surface area contributed by atoms with E-state index in [0.717, 1.165) is 5.69 Å². The molecule has 0 atom stereocenters. The number of nitrogens with zero attached hydrogens (tertiary/aromatic N) is 2. The lowest BCUT2D eigenvalue weighted by Gasteiger charge is -2.06. The van der Waals surface area contributed by atoms with Gasteiger partial charge in [-0.05, 0) is 19.2 Å². The van der Waals surface area contributed by atoms with Crippen LogP contribution in [0.2, 0.25) is 10.0 Å². The van der Waals surface area contributed by atoms with Gasteiger partial charge in [0.15, 0.2) is 0 Å². The molecule has 2 rings (SSSR count). The lowest BCUT2D eigenvalue weighted by molar-refractivity contribution is 0.459. The van der Waals surface area contributed by atoms with E-state index in [1.165, 1.54) is 0 Å². The topological polar surface area (TPSA) is 47.0 Å². The predicted molar refractivity (Wildman–Crippen MR) is 71.3 cm³/mol. The molecule has 6 heteroatoms. The fourth-order valence-corrected chi connectivity index (χ4v) is 1.62. The number of aromatic nitrogens is 2. The van der Waals surface area contributed by atoms with Gasteiger partial charge in [-0.2, -0.15) is 0 Å². The Bertz CT molecular complexity index is 531. The molecule has 0 saturated carbocycles. The minimum absolute atomic E-state index is 0.410. The monoisotopic (exact) mass is 283 g/mol. The summed E-state index contributed by atoms with van der Waals surface area (Å²) in [4.78, 5) is 8.34. The SMILES string of the molecule is CNCc1cnc(Oc2ccc(Cl)c(Cl)c2)cn1. The number of benzene rings is 1. The van der Waals surface area contributed by atoms with Crippen molar-refractivity contribution in [2.75, 3.05) is 7.05 Å². The Hall–Kier alpha value is -1.36. The van der Waals surface area contributed by atoms with Crippen molar-refractivity contribution in [1.82, 2.24) is 15.3 Å². The van der Waals surface area contributed by atoms with Gasteiger partial charge < -0.3 is 10.1 Å². The van der Waals surface area contributed by atoms with Gasteiger partial charge in [0.25, 0.3) is 0 Å². The van der Waals surface area contributed by atoms with Crippen LogP contribution in [-0.2, 0) is 6.54 Å². The first-order valence-electron chi connectivity index (χ1n) is 5.27. The first-order chi connectivity index (χ1) is 8.69. The quantitative estimate of drug-likeness (QED) is 0.935. The molecule has 0 amide bonds. The molecule has 94 valence electrons. The standard InChI is InChI=1S/C12H11Cl2N3O/c1-15-5-8-6-17-12(7-16-8)18-9-2-3-10(13)11(14)4-9/h2-4,6-7,15H,5H2,1H3. The van der Waals surface area contributed by atoms with Crippen molar-refractivity contribution in [3.05, 3.63) is 46.3 Å². The summed E-state index contributed by atoms with van der Waals surface area (Å²) in [6.07, 6.45) is 3.22. The molecule has 0 aliphatic heterocycles. The van der Waals surface area contributed by atoms with Crippen molar-refractivity contribution in [2.45, 2.75) is 6.54 Å². The van der Waals surface area contributed by atoms with Crippen LogP contribution in [0, 0.1) is 0 Å². The molecule has 1 aromatic carbocycles. The van der Waals surface area contributed by atoms with Gasteiger partial charge in [0, 0.05) is 12.6 Å². The highest BCUT2D eigenvalue weighted by molar-refractivity contribution is 6.42. The van der Waals surface area contributed by atoms with Crippen LogP contribution in [0.15, 0.2) is 30.6 Å². The third kappa shape index (κ3) is 3.32. The van der Waals surface area contributed by atoms with E-state index in [1.807, 2.05) is 7.05 Å². The van der Waals surface area contributed by atoms with Crippen molar-refractivity contribution in [1.29, 1.82) is 0 Å². The van der Waals surface area contributed by atoms with Gasteiger partial charge in [0.05, 0.1) is 28.1 Å². The Kier molecular flexibility index (Phi) is 4.36. The van der Waals surface area contributed by atoms with E-state index in [2.05, 4.69) is 15.3 Å². The second kappa shape index (κ2) is 6.00. The summed E-state index contributed by atoms with van der Waals surface area (Å²) in [6.45, 7) is 0.667. The maximum Gasteiger partial charge on any atom is 0.237 e. The lowest BCUT2D eigenvalue weighted by atomic mass is 10.3. The smallest absolute Gasteiger partial charge is 0.237 e. The average Bonchev–Trinajstić information content (AvgIpc) is 2.37. The summed E-state index contributed by atoms with van der Waals surface area (Å²) in [5.41, 5.74) is 0.846. The van der Waals surface area contributed by atoms with Gasteiger partial charge >= 0.3 is 0 Å². The van der Waals surface area contributed by atoms with E-state index in [1.54, 1.807) is 30.6 Å². The Morgan fingerprint density at radius 2 is 2.00 bits per heavy atom. The summed E-state index contributed by atoms with van der Waals surface area (Å²) < 4.78 is 5.51. The zero-order chi connectivity index (χ0) is 13.0. The van der Waals surface area contributed by atoms with Gasteiger partial charge in [-0.1, -0.05) is 23.2 Å². The molecule has 0 saturated heterocycles. The lowest BCUT2D eigenvalue weighted by Crippen LogP contribution is -2.07. The highest BCUT2D eigenvalue weighted by atomic mass is 35.5. The third-order valence-corrected chi connectivity index (χ3v) is 2.89. The first-order valence-corrected chi connectivity index (χ1v) is 6.03. The second-order valence-corrected chi connectivity index (χ2v) is 4.37. The molecule has 4 nitrogen and oxygen atoms in total. The maximum atomic E-state index is 5.89. The molecule has 0 unspecified atom stereocenters. The largest absolute Gasteiger partial charge is 0.437 e. The summed E-state index contributed by atoms with van der Waals surface area (Å²) >= 11 is 11.7. The number of rotatable bonds is 4. The molecular formula is C12H11Cl2N3O. The minimum atomic E-state index is 0.410. The number of hydrogen-bond acceptors (Lipinski definition) is 4. The van der Waals surface area contributed by atoms with Crippen LogP contribution < -0.4 is 10.1 Å². The molecule has 1 heterocycles. The summed E-state index contributed by atoms with van der Waals surface area (Å²) in [5.74, 6) is 0.980. The molecule has 18 heavy (non-hydrogen) atoms. The average molecular weight is 284 g/mol. The molecule has 0 spiro atoms. The van der Waals surface area contributed by atoms with Gasteiger partial charge in [-0.25, -0.2) is 4.98 Å². The van der Waals surface area contributed by atoms with E-state index in [0.29, 0.717) is 28.2 Å². The van der Waals surface area contributed by atoms with Crippen molar-refractivity contribution in [2.24, 2.45) is 0 Å². The molecule has 1 aromatic heterocycles. The highest BCUT2D eigenvalue weighted by Gasteiger charge is 2.03. The molecular weight excluding hydrogens is 273 g/mol.